The number of nitrogens with zero attached hydrogens (tertiary/aromatic N) is 2. The lowest BCUT2D eigenvalue weighted by molar-refractivity contribution is -0.138. The van der Waals surface area contributed by atoms with Crippen LogP contribution < -0.4 is 5.32 Å². The van der Waals surface area contributed by atoms with Gasteiger partial charge in [-0.25, -0.2) is 0 Å². The number of amides is 3. The van der Waals surface area contributed by atoms with E-state index in [-0.39, 0.29) is 42.0 Å². The van der Waals surface area contributed by atoms with Crippen LogP contribution in [0.15, 0.2) is 72.8 Å². The first kappa shape index (κ1) is 25.9. The molecule has 0 aliphatic carbocycles. The second kappa shape index (κ2) is 10.9. The Labute approximate surface area is 226 Å². The van der Waals surface area contributed by atoms with Crippen LogP contribution in [0.4, 0.5) is 0 Å². The molecule has 196 valence electrons. The fourth-order valence-electron chi connectivity index (χ4n) is 5.43. The third-order valence-electron chi connectivity index (χ3n) is 7.19. The number of rotatable bonds is 7. The maximum atomic E-state index is 13.8. The van der Waals surface area contributed by atoms with Gasteiger partial charge in [0.2, 0.25) is 5.91 Å². The van der Waals surface area contributed by atoms with Gasteiger partial charge in [0.25, 0.3) is 11.8 Å². The summed E-state index contributed by atoms with van der Waals surface area (Å²) < 4.78 is 0. The molecule has 3 amide bonds. The first-order valence-corrected chi connectivity index (χ1v) is 13.8. The highest BCUT2D eigenvalue weighted by Gasteiger charge is 2.52. The van der Waals surface area contributed by atoms with Crippen LogP contribution in [0.25, 0.3) is 10.4 Å². The Morgan fingerprint density at radius 3 is 2.32 bits per heavy atom. The van der Waals surface area contributed by atoms with Crippen LogP contribution >= 0.6 is 11.3 Å². The standard InChI is InChI=1S/C30H31N3O4S/c1-19(2)17-22(31-28(35)26-14-13-25(38-26)20-9-5-3-6-10-20)30(37)32-16-15-23-27(32)24(34)18-33(23)29(36)21-11-7-4-8-12-21/h3-14,19,22-23,27H,15-18H2,1-2H3,(H,31,35). The van der Waals surface area contributed by atoms with Gasteiger partial charge in [-0.3, -0.25) is 19.2 Å². The predicted octanol–water partition coefficient (Wildman–Crippen LogP) is 4.25. The Morgan fingerprint density at radius 2 is 1.63 bits per heavy atom. The molecule has 2 saturated heterocycles. The van der Waals surface area contributed by atoms with Crippen molar-refractivity contribution in [1.82, 2.24) is 15.1 Å². The monoisotopic (exact) mass is 529 g/mol. The van der Waals surface area contributed by atoms with Gasteiger partial charge < -0.3 is 15.1 Å². The average molecular weight is 530 g/mol. The van der Waals surface area contributed by atoms with Gasteiger partial charge in [0.1, 0.15) is 12.1 Å². The number of hydrogen-bond donors (Lipinski definition) is 1. The van der Waals surface area contributed by atoms with Crippen LogP contribution in [0.3, 0.4) is 0 Å². The zero-order valence-electron chi connectivity index (χ0n) is 21.5. The van der Waals surface area contributed by atoms with Gasteiger partial charge in [-0.15, -0.1) is 11.3 Å². The molecule has 3 heterocycles. The Bertz CT molecular complexity index is 1340. The number of Topliss-reactive ketones (excluding diaryl/α,β-unsaturated/α-hetero) is 1. The third kappa shape index (κ3) is 5.13. The summed E-state index contributed by atoms with van der Waals surface area (Å²) in [6.07, 6.45) is 0.991. The Hall–Kier alpha value is -3.78. The lowest BCUT2D eigenvalue weighted by atomic mass is 10.0. The van der Waals surface area contributed by atoms with Crippen LogP contribution in [0.2, 0.25) is 0 Å². The number of thiophene rings is 1. The molecule has 2 aliphatic rings. The first-order chi connectivity index (χ1) is 18.3. The topological polar surface area (TPSA) is 86.8 Å². The van der Waals surface area contributed by atoms with Crippen molar-refractivity contribution in [1.29, 1.82) is 0 Å². The van der Waals surface area contributed by atoms with E-state index in [1.54, 1.807) is 40.1 Å². The van der Waals surface area contributed by atoms with Crippen LogP contribution in [0.1, 0.15) is 46.7 Å². The summed E-state index contributed by atoms with van der Waals surface area (Å²) in [5, 5.41) is 2.95. The fourth-order valence-corrected chi connectivity index (χ4v) is 6.34. The quantitative estimate of drug-likeness (QED) is 0.496. The molecule has 0 bridgehead atoms. The van der Waals surface area contributed by atoms with Crippen LogP contribution in [-0.4, -0.2) is 64.5 Å². The number of nitrogens with one attached hydrogen (secondary N) is 1. The zero-order valence-corrected chi connectivity index (χ0v) is 22.3. The number of likely N-dealkylation sites (tertiary alicyclic amines) is 2. The zero-order chi connectivity index (χ0) is 26.8. The van der Waals surface area contributed by atoms with Crippen LogP contribution in [0.5, 0.6) is 0 Å². The van der Waals surface area contributed by atoms with Gasteiger partial charge >= 0.3 is 0 Å². The number of benzene rings is 2. The maximum absolute atomic E-state index is 13.8. The van der Waals surface area contributed by atoms with Crippen molar-refractivity contribution in [2.45, 2.75) is 44.8 Å². The van der Waals surface area contributed by atoms with E-state index in [9.17, 15) is 19.2 Å². The van der Waals surface area contributed by atoms with E-state index in [4.69, 9.17) is 0 Å². The SMILES string of the molecule is CC(C)CC(NC(=O)c1ccc(-c2ccccc2)s1)C(=O)N1CCC2C1C(=O)CN2C(=O)c1ccccc1. The smallest absolute Gasteiger partial charge is 0.262 e. The van der Waals surface area contributed by atoms with Crippen molar-refractivity contribution in [3.8, 4) is 10.4 Å². The second-order valence-corrected chi connectivity index (χ2v) is 11.4. The molecule has 8 heteroatoms. The number of carbonyl (C=O) groups is 4. The highest BCUT2D eigenvalue weighted by Crippen LogP contribution is 2.32. The lowest BCUT2D eigenvalue weighted by Crippen LogP contribution is -2.52. The number of fused-ring (bicyclic) bond motifs is 1. The minimum absolute atomic E-state index is 0.00843. The highest BCUT2D eigenvalue weighted by atomic mass is 32.1. The summed E-state index contributed by atoms with van der Waals surface area (Å²) in [4.78, 5) is 57.8. The molecule has 5 rings (SSSR count). The fraction of sp³-hybridized carbons (Fsp3) is 0.333. The first-order valence-electron chi connectivity index (χ1n) is 13.0. The van der Waals surface area contributed by atoms with E-state index in [2.05, 4.69) is 5.32 Å². The van der Waals surface area contributed by atoms with Gasteiger partial charge in [0.15, 0.2) is 5.78 Å². The minimum atomic E-state index is -0.754. The summed E-state index contributed by atoms with van der Waals surface area (Å²) >= 11 is 1.38. The molecule has 0 saturated carbocycles. The average Bonchev–Trinajstić information content (AvgIpc) is 3.66. The summed E-state index contributed by atoms with van der Waals surface area (Å²) in [6.45, 7) is 4.36. The second-order valence-electron chi connectivity index (χ2n) is 10.3. The van der Waals surface area contributed by atoms with Gasteiger partial charge in [-0.05, 0) is 48.6 Å². The molecule has 0 radical (unpaired) electrons. The molecular weight excluding hydrogens is 498 g/mol. The van der Waals surface area contributed by atoms with E-state index in [0.717, 1.165) is 10.4 Å². The summed E-state index contributed by atoms with van der Waals surface area (Å²) in [5.41, 5.74) is 1.56. The van der Waals surface area contributed by atoms with Crippen molar-refractivity contribution >= 4 is 34.8 Å². The third-order valence-corrected chi connectivity index (χ3v) is 8.32. The van der Waals surface area contributed by atoms with Crippen LogP contribution in [0, 0.1) is 5.92 Å². The van der Waals surface area contributed by atoms with Crippen molar-refractivity contribution in [2.24, 2.45) is 5.92 Å². The van der Waals surface area contributed by atoms with Gasteiger partial charge in [0, 0.05) is 17.0 Å². The van der Waals surface area contributed by atoms with Crippen molar-refractivity contribution in [2.75, 3.05) is 13.1 Å². The summed E-state index contributed by atoms with van der Waals surface area (Å²) in [5.74, 6) is -0.737. The highest BCUT2D eigenvalue weighted by molar-refractivity contribution is 7.17. The molecule has 1 N–H and O–H groups in total. The number of ketones is 1. The largest absolute Gasteiger partial charge is 0.340 e. The van der Waals surface area contributed by atoms with Crippen molar-refractivity contribution in [3.63, 3.8) is 0 Å². The Morgan fingerprint density at radius 1 is 0.947 bits per heavy atom. The molecule has 1 aromatic heterocycles. The maximum Gasteiger partial charge on any atom is 0.262 e. The molecule has 3 atom stereocenters. The van der Waals surface area contributed by atoms with Crippen molar-refractivity contribution in [3.05, 3.63) is 83.2 Å². The van der Waals surface area contributed by atoms with E-state index < -0.39 is 12.1 Å². The minimum Gasteiger partial charge on any atom is -0.340 e. The normalized spacial score (nSPS) is 19.5. The molecule has 38 heavy (non-hydrogen) atoms. The van der Waals surface area contributed by atoms with E-state index >= 15 is 0 Å². The molecule has 2 aliphatic heterocycles. The van der Waals surface area contributed by atoms with Crippen LogP contribution in [-0.2, 0) is 9.59 Å². The molecule has 3 aromatic rings. The summed E-state index contributed by atoms with van der Waals surface area (Å²) in [6, 6.07) is 20.7. The molecule has 2 aromatic carbocycles. The molecule has 3 unspecified atom stereocenters. The molecule has 7 nitrogen and oxygen atoms in total. The molecular formula is C30H31N3O4S. The predicted molar refractivity (Wildman–Crippen MR) is 147 cm³/mol. The van der Waals surface area contributed by atoms with Crippen molar-refractivity contribution < 1.29 is 19.2 Å². The Kier molecular flexibility index (Phi) is 7.42. The van der Waals surface area contributed by atoms with E-state index in [1.807, 2.05) is 56.3 Å². The number of carbonyl (C=O) groups excluding carboxylic acids is 4. The number of hydrogen-bond acceptors (Lipinski definition) is 5. The van der Waals surface area contributed by atoms with E-state index in [0.29, 0.717) is 29.8 Å². The van der Waals surface area contributed by atoms with Gasteiger partial charge in [0.05, 0.1) is 17.5 Å². The lowest BCUT2D eigenvalue weighted by Gasteiger charge is -2.29. The Balaban J connectivity index is 1.31. The molecule has 2 fully saturated rings. The molecule has 0 spiro atoms. The van der Waals surface area contributed by atoms with E-state index in [1.165, 1.54) is 11.3 Å². The van der Waals surface area contributed by atoms with Gasteiger partial charge in [-0.1, -0.05) is 62.4 Å². The summed E-state index contributed by atoms with van der Waals surface area (Å²) in [7, 11) is 0. The van der Waals surface area contributed by atoms with Gasteiger partial charge in [-0.2, -0.15) is 0 Å².